The summed E-state index contributed by atoms with van der Waals surface area (Å²) in [4.78, 5) is 22.5. The average molecular weight is 350 g/mol. The highest BCUT2D eigenvalue weighted by atomic mass is 16.2. The van der Waals surface area contributed by atoms with Crippen LogP contribution in [0.2, 0.25) is 0 Å². The van der Waals surface area contributed by atoms with E-state index in [9.17, 15) is 4.79 Å². The van der Waals surface area contributed by atoms with Gasteiger partial charge in [0.2, 0.25) is 0 Å². The van der Waals surface area contributed by atoms with Gasteiger partial charge in [0.1, 0.15) is 6.07 Å². The van der Waals surface area contributed by atoms with Gasteiger partial charge < -0.3 is 15.5 Å². The summed E-state index contributed by atoms with van der Waals surface area (Å²) in [6.07, 6.45) is 5.02. The third kappa shape index (κ3) is 4.48. The van der Waals surface area contributed by atoms with Gasteiger partial charge in [0, 0.05) is 37.7 Å². The zero-order chi connectivity index (χ0) is 18.4. The third-order valence-corrected chi connectivity index (χ3v) is 4.53. The Kier molecular flexibility index (Phi) is 5.64. The van der Waals surface area contributed by atoms with Gasteiger partial charge in [-0.05, 0) is 43.4 Å². The van der Waals surface area contributed by atoms with Crippen LogP contribution in [0.1, 0.15) is 24.1 Å². The Labute approximate surface area is 153 Å². The first-order valence-corrected chi connectivity index (χ1v) is 8.73. The van der Waals surface area contributed by atoms with Crippen molar-refractivity contribution in [3.8, 4) is 6.07 Å². The van der Waals surface area contributed by atoms with Gasteiger partial charge in [0.15, 0.2) is 11.5 Å². The molecule has 1 aromatic heterocycles. The zero-order valence-electron chi connectivity index (χ0n) is 14.8. The number of hydrogen-bond donors (Lipinski definition) is 2. The number of amides is 2. The number of urea groups is 1. The number of aryl methyl sites for hydroxylation is 1. The Hall–Kier alpha value is -3.14. The normalized spacial score (nSPS) is 14.5. The van der Waals surface area contributed by atoms with Crippen molar-refractivity contribution in [3.63, 3.8) is 0 Å². The monoisotopic (exact) mass is 350 g/mol. The molecule has 7 nitrogen and oxygen atoms in total. The minimum atomic E-state index is -0.182. The van der Waals surface area contributed by atoms with E-state index >= 15 is 0 Å². The van der Waals surface area contributed by atoms with Crippen LogP contribution in [-0.2, 0) is 0 Å². The summed E-state index contributed by atoms with van der Waals surface area (Å²) in [5, 5.41) is 15.0. The molecule has 2 aromatic rings. The minimum absolute atomic E-state index is 0.182. The van der Waals surface area contributed by atoms with E-state index in [2.05, 4.69) is 31.6 Å². The van der Waals surface area contributed by atoms with Gasteiger partial charge in [-0.25, -0.2) is 14.8 Å². The Morgan fingerprint density at radius 1 is 1.31 bits per heavy atom. The van der Waals surface area contributed by atoms with Gasteiger partial charge in [-0.15, -0.1) is 0 Å². The van der Waals surface area contributed by atoms with Gasteiger partial charge in [0.25, 0.3) is 0 Å². The molecule has 0 saturated carbocycles. The fraction of sp³-hybridized carbons (Fsp3) is 0.368. The summed E-state index contributed by atoms with van der Waals surface area (Å²) >= 11 is 0. The van der Waals surface area contributed by atoms with Crippen LogP contribution in [0.4, 0.5) is 16.3 Å². The molecule has 1 saturated heterocycles. The van der Waals surface area contributed by atoms with Crippen LogP contribution in [0.15, 0.2) is 36.7 Å². The molecule has 1 aromatic carbocycles. The van der Waals surface area contributed by atoms with Crippen molar-refractivity contribution in [2.75, 3.05) is 29.9 Å². The summed E-state index contributed by atoms with van der Waals surface area (Å²) in [7, 11) is 0. The van der Waals surface area contributed by atoms with Crippen LogP contribution in [0.5, 0.6) is 0 Å². The highest BCUT2D eigenvalue weighted by Gasteiger charge is 2.22. The van der Waals surface area contributed by atoms with Crippen LogP contribution in [-0.4, -0.2) is 35.6 Å². The Morgan fingerprint density at radius 2 is 2.08 bits per heavy atom. The number of aromatic nitrogens is 2. The predicted octanol–water partition coefficient (Wildman–Crippen LogP) is 2.69. The first-order valence-electron chi connectivity index (χ1n) is 8.73. The van der Waals surface area contributed by atoms with E-state index in [1.807, 2.05) is 31.2 Å². The summed E-state index contributed by atoms with van der Waals surface area (Å²) in [6, 6.07) is 9.63. The third-order valence-electron chi connectivity index (χ3n) is 4.53. The number of carbonyl (C=O) groups excluding carboxylic acids is 1. The van der Waals surface area contributed by atoms with Gasteiger partial charge in [-0.1, -0.05) is 12.1 Å². The molecule has 3 rings (SSSR count). The number of carbonyl (C=O) groups is 1. The molecule has 7 heteroatoms. The highest BCUT2D eigenvalue weighted by Crippen LogP contribution is 2.22. The summed E-state index contributed by atoms with van der Waals surface area (Å²) < 4.78 is 0. The van der Waals surface area contributed by atoms with E-state index in [-0.39, 0.29) is 6.03 Å². The van der Waals surface area contributed by atoms with Crippen LogP contribution < -0.4 is 15.5 Å². The van der Waals surface area contributed by atoms with Gasteiger partial charge in [-0.2, -0.15) is 5.26 Å². The van der Waals surface area contributed by atoms with Crippen LogP contribution in [0.25, 0.3) is 0 Å². The number of nitrogens with one attached hydrogen (secondary N) is 2. The fourth-order valence-corrected chi connectivity index (χ4v) is 3.12. The van der Waals surface area contributed by atoms with Crippen molar-refractivity contribution in [1.82, 2.24) is 15.3 Å². The molecule has 0 unspecified atom stereocenters. The van der Waals surface area contributed by atoms with Crippen LogP contribution in [0, 0.1) is 24.2 Å². The Morgan fingerprint density at radius 3 is 2.81 bits per heavy atom. The van der Waals surface area contributed by atoms with Gasteiger partial charge in [-0.3, -0.25) is 0 Å². The molecule has 0 bridgehead atoms. The molecular formula is C19H22N6O. The highest BCUT2D eigenvalue weighted by molar-refractivity contribution is 5.89. The molecule has 0 radical (unpaired) electrons. The largest absolute Gasteiger partial charge is 0.354 e. The van der Waals surface area contributed by atoms with E-state index in [4.69, 9.17) is 5.26 Å². The molecule has 2 N–H and O–H groups in total. The van der Waals surface area contributed by atoms with Gasteiger partial charge >= 0.3 is 6.03 Å². The second-order valence-electron chi connectivity index (χ2n) is 6.48. The maximum Gasteiger partial charge on any atom is 0.319 e. The van der Waals surface area contributed by atoms with E-state index < -0.39 is 0 Å². The van der Waals surface area contributed by atoms with Crippen LogP contribution >= 0.6 is 0 Å². The van der Waals surface area contributed by atoms with Crippen molar-refractivity contribution in [1.29, 1.82) is 5.26 Å². The topological polar surface area (TPSA) is 93.9 Å². The van der Waals surface area contributed by atoms with Gasteiger partial charge in [0.05, 0.1) is 0 Å². The molecule has 2 amide bonds. The summed E-state index contributed by atoms with van der Waals surface area (Å²) in [5.74, 6) is 1.07. The number of anilines is 2. The maximum absolute atomic E-state index is 12.0. The first kappa shape index (κ1) is 17.7. The smallest absolute Gasteiger partial charge is 0.319 e. The van der Waals surface area contributed by atoms with Crippen molar-refractivity contribution in [2.45, 2.75) is 19.8 Å². The Bertz CT molecular complexity index is 808. The molecule has 134 valence electrons. The van der Waals surface area contributed by atoms with Crippen molar-refractivity contribution in [2.24, 2.45) is 5.92 Å². The lowest BCUT2D eigenvalue weighted by molar-refractivity contribution is 0.248. The van der Waals surface area contributed by atoms with E-state index in [1.165, 1.54) is 6.20 Å². The molecule has 26 heavy (non-hydrogen) atoms. The molecule has 0 spiro atoms. The number of piperidine rings is 1. The lowest BCUT2D eigenvalue weighted by atomic mass is 9.97. The fourth-order valence-electron chi connectivity index (χ4n) is 3.12. The van der Waals surface area contributed by atoms with Crippen molar-refractivity contribution < 1.29 is 4.79 Å². The molecule has 0 atom stereocenters. The molecule has 0 aliphatic carbocycles. The predicted molar refractivity (Wildman–Crippen MR) is 99.9 cm³/mol. The standard InChI is InChI=1S/C19H22N6O/c1-14-3-2-4-16(11-14)24-19(26)23-13-15-5-9-25(10-6-15)18-17(12-20)21-7-8-22-18/h2-4,7-8,11,15H,5-6,9-10,13H2,1H3,(H2,23,24,26). The zero-order valence-corrected chi connectivity index (χ0v) is 14.8. The number of benzene rings is 1. The molecule has 1 aliphatic heterocycles. The first-order chi connectivity index (χ1) is 12.7. The van der Waals surface area contributed by atoms with Crippen molar-refractivity contribution in [3.05, 3.63) is 47.9 Å². The summed E-state index contributed by atoms with van der Waals surface area (Å²) in [6.45, 7) is 4.24. The average Bonchev–Trinajstić information content (AvgIpc) is 2.67. The number of nitrogens with zero attached hydrogens (tertiary/aromatic N) is 4. The van der Waals surface area contributed by atoms with Crippen molar-refractivity contribution >= 4 is 17.5 Å². The molecule has 1 aliphatic rings. The minimum Gasteiger partial charge on any atom is -0.354 e. The number of rotatable bonds is 4. The SMILES string of the molecule is Cc1cccc(NC(=O)NCC2CCN(c3nccnc3C#N)CC2)c1. The molecule has 1 fully saturated rings. The van der Waals surface area contributed by atoms with E-state index in [0.29, 0.717) is 24.0 Å². The second kappa shape index (κ2) is 8.30. The van der Waals surface area contributed by atoms with E-state index in [0.717, 1.165) is 37.2 Å². The lowest BCUT2D eigenvalue weighted by Gasteiger charge is -2.32. The van der Waals surface area contributed by atoms with E-state index in [1.54, 1.807) is 6.20 Å². The number of hydrogen-bond acceptors (Lipinski definition) is 5. The Balaban J connectivity index is 1.45. The summed E-state index contributed by atoms with van der Waals surface area (Å²) in [5.41, 5.74) is 2.27. The maximum atomic E-state index is 12.0. The van der Waals surface area contributed by atoms with Crippen LogP contribution in [0.3, 0.4) is 0 Å². The number of nitriles is 1. The lowest BCUT2D eigenvalue weighted by Crippen LogP contribution is -2.40. The molecular weight excluding hydrogens is 328 g/mol. The second-order valence-corrected chi connectivity index (χ2v) is 6.48. The molecule has 2 heterocycles. The quantitative estimate of drug-likeness (QED) is 0.884.